The van der Waals surface area contributed by atoms with Gasteiger partial charge in [-0.15, -0.1) is 0 Å². The summed E-state index contributed by atoms with van der Waals surface area (Å²) in [6.45, 7) is 3.93. The Morgan fingerprint density at radius 1 is 1.29 bits per heavy atom. The molecule has 0 aliphatic heterocycles. The summed E-state index contributed by atoms with van der Waals surface area (Å²) in [7, 11) is 0. The number of nitrogen functional groups attached to an aromatic ring is 1. The van der Waals surface area contributed by atoms with Crippen LogP contribution in [0.25, 0.3) is 22.2 Å². The maximum Gasteiger partial charge on any atom is 0.229 e. The van der Waals surface area contributed by atoms with E-state index >= 15 is 0 Å². The molecule has 0 amide bonds. The Hall–Kier alpha value is -2.21. The van der Waals surface area contributed by atoms with Gasteiger partial charge in [-0.3, -0.25) is 0 Å². The summed E-state index contributed by atoms with van der Waals surface area (Å²) in [6.07, 6.45) is 1.45. The van der Waals surface area contributed by atoms with Crippen LogP contribution in [0.5, 0.6) is 0 Å². The minimum atomic E-state index is 0.463. The molecule has 17 heavy (non-hydrogen) atoms. The van der Waals surface area contributed by atoms with Crippen molar-refractivity contribution in [1.29, 1.82) is 0 Å². The molecule has 6 nitrogen and oxygen atoms in total. The molecule has 0 aliphatic carbocycles. The summed E-state index contributed by atoms with van der Waals surface area (Å²) in [5, 5.41) is 0.907. The maximum absolute atomic E-state index is 5.66. The predicted octanol–water partition coefficient (Wildman–Crippen LogP) is 1.67. The highest BCUT2D eigenvalue weighted by Gasteiger charge is 2.15. The second kappa shape index (κ2) is 3.39. The number of hydrogen-bond acceptors (Lipinski definition) is 6. The van der Waals surface area contributed by atoms with Crippen LogP contribution in [-0.4, -0.2) is 15.0 Å². The van der Waals surface area contributed by atoms with E-state index in [1.807, 2.05) is 19.9 Å². The van der Waals surface area contributed by atoms with Crippen molar-refractivity contribution in [2.24, 2.45) is 5.84 Å². The number of fused-ring (bicyclic) bond motifs is 3. The first-order valence-electron chi connectivity index (χ1n) is 5.19. The van der Waals surface area contributed by atoms with Crippen LogP contribution in [0.4, 0.5) is 5.82 Å². The topological polar surface area (TPSA) is 89.9 Å². The summed E-state index contributed by atoms with van der Waals surface area (Å²) in [4.78, 5) is 12.6. The van der Waals surface area contributed by atoms with Crippen molar-refractivity contribution in [3.05, 3.63) is 23.7 Å². The Kier molecular flexibility index (Phi) is 1.99. The van der Waals surface area contributed by atoms with Crippen molar-refractivity contribution >= 4 is 28.0 Å². The fourth-order valence-corrected chi connectivity index (χ4v) is 2.01. The number of anilines is 1. The van der Waals surface area contributed by atoms with E-state index in [4.69, 9.17) is 10.3 Å². The third-order valence-electron chi connectivity index (χ3n) is 2.69. The smallest absolute Gasteiger partial charge is 0.229 e. The highest BCUT2D eigenvalue weighted by molar-refractivity contribution is 6.05. The monoisotopic (exact) mass is 229 g/mol. The molecule has 86 valence electrons. The molecule has 0 aromatic carbocycles. The molecule has 3 aromatic rings. The van der Waals surface area contributed by atoms with Gasteiger partial charge in [0.15, 0.2) is 11.4 Å². The van der Waals surface area contributed by atoms with Crippen LogP contribution in [0, 0.1) is 13.8 Å². The molecule has 3 N–H and O–H groups in total. The quantitative estimate of drug-likeness (QED) is 0.487. The van der Waals surface area contributed by atoms with Crippen molar-refractivity contribution in [3.63, 3.8) is 0 Å². The number of nitrogens with one attached hydrogen (secondary N) is 1. The van der Waals surface area contributed by atoms with E-state index in [9.17, 15) is 0 Å². The van der Waals surface area contributed by atoms with Gasteiger partial charge in [0, 0.05) is 5.69 Å². The number of aryl methyl sites for hydroxylation is 2. The van der Waals surface area contributed by atoms with E-state index in [2.05, 4.69) is 20.4 Å². The highest BCUT2D eigenvalue weighted by atomic mass is 16.3. The van der Waals surface area contributed by atoms with Crippen molar-refractivity contribution in [2.75, 3.05) is 5.43 Å². The van der Waals surface area contributed by atoms with Crippen LogP contribution in [0.3, 0.4) is 0 Å². The predicted molar refractivity (Wildman–Crippen MR) is 64.4 cm³/mol. The van der Waals surface area contributed by atoms with Gasteiger partial charge in [0.05, 0.1) is 5.39 Å². The normalized spacial score (nSPS) is 11.2. The molecule has 0 spiro atoms. The number of hydrazine groups is 1. The van der Waals surface area contributed by atoms with Crippen molar-refractivity contribution < 1.29 is 4.42 Å². The standard InChI is InChI=1S/C11H11N5O/c1-5-3-6(2)15-11-7(5)8-9(17-11)10(16-12)14-4-13-8/h3-4H,12H2,1-2H3,(H,13,14,16). The second-order valence-corrected chi connectivity index (χ2v) is 3.91. The number of rotatable bonds is 1. The largest absolute Gasteiger partial charge is 0.432 e. The van der Waals surface area contributed by atoms with Gasteiger partial charge in [0.25, 0.3) is 0 Å². The van der Waals surface area contributed by atoms with Gasteiger partial charge in [-0.05, 0) is 25.5 Å². The summed E-state index contributed by atoms with van der Waals surface area (Å²) in [5.41, 5.74) is 6.30. The van der Waals surface area contributed by atoms with E-state index in [-0.39, 0.29) is 0 Å². The fourth-order valence-electron chi connectivity index (χ4n) is 2.01. The van der Waals surface area contributed by atoms with Crippen LogP contribution in [-0.2, 0) is 0 Å². The molecule has 3 aromatic heterocycles. The molecular formula is C11H11N5O. The number of aromatic nitrogens is 3. The molecule has 0 unspecified atom stereocenters. The number of nitrogens with two attached hydrogens (primary N) is 1. The van der Waals surface area contributed by atoms with E-state index in [0.717, 1.165) is 22.2 Å². The zero-order valence-electron chi connectivity index (χ0n) is 9.48. The number of hydrogen-bond donors (Lipinski definition) is 2. The molecule has 3 heterocycles. The zero-order chi connectivity index (χ0) is 12.0. The Labute approximate surface area is 96.8 Å². The molecule has 0 fully saturated rings. The summed E-state index contributed by atoms with van der Waals surface area (Å²) < 4.78 is 5.66. The summed E-state index contributed by atoms with van der Waals surface area (Å²) in [5.74, 6) is 5.85. The summed E-state index contributed by atoms with van der Waals surface area (Å²) in [6, 6.07) is 1.99. The molecule has 0 bridgehead atoms. The first-order chi connectivity index (χ1) is 8.20. The highest BCUT2D eigenvalue weighted by Crippen LogP contribution is 2.31. The lowest BCUT2D eigenvalue weighted by Crippen LogP contribution is -2.08. The first-order valence-corrected chi connectivity index (χ1v) is 5.19. The van der Waals surface area contributed by atoms with Gasteiger partial charge in [-0.1, -0.05) is 0 Å². The Morgan fingerprint density at radius 3 is 2.88 bits per heavy atom. The molecule has 0 saturated carbocycles. The van der Waals surface area contributed by atoms with Gasteiger partial charge < -0.3 is 9.84 Å². The van der Waals surface area contributed by atoms with Crippen LogP contribution < -0.4 is 11.3 Å². The van der Waals surface area contributed by atoms with Crippen LogP contribution in [0.2, 0.25) is 0 Å². The van der Waals surface area contributed by atoms with Crippen molar-refractivity contribution in [1.82, 2.24) is 15.0 Å². The maximum atomic E-state index is 5.66. The zero-order valence-corrected chi connectivity index (χ0v) is 9.48. The van der Waals surface area contributed by atoms with Gasteiger partial charge in [-0.25, -0.2) is 20.8 Å². The Balaban J connectivity index is 2.54. The van der Waals surface area contributed by atoms with E-state index in [0.29, 0.717) is 17.1 Å². The lowest BCUT2D eigenvalue weighted by Gasteiger charge is -1.97. The van der Waals surface area contributed by atoms with Gasteiger partial charge in [0.1, 0.15) is 11.8 Å². The van der Waals surface area contributed by atoms with Crippen LogP contribution in [0.15, 0.2) is 16.8 Å². The molecule has 0 saturated heterocycles. The minimum absolute atomic E-state index is 0.463. The summed E-state index contributed by atoms with van der Waals surface area (Å²) >= 11 is 0. The number of pyridine rings is 1. The van der Waals surface area contributed by atoms with E-state index < -0.39 is 0 Å². The molecule has 0 aliphatic rings. The van der Waals surface area contributed by atoms with Crippen molar-refractivity contribution in [2.45, 2.75) is 13.8 Å². The van der Waals surface area contributed by atoms with Crippen LogP contribution in [0.1, 0.15) is 11.3 Å². The molecule has 0 radical (unpaired) electrons. The van der Waals surface area contributed by atoms with E-state index in [1.54, 1.807) is 0 Å². The SMILES string of the molecule is Cc1cc(C)c2c(n1)oc1c(NN)ncnc12. The third-order valence-corrected chi connectivity index (χ3v) is 2.69. The van der Waals surface area contributed by atoms with Crippen molar-refractivity contribution in [3.8, 4) is 0 Å². The third kappa shape index (κ3) is 1.34. The molecule has 0 atom stereocenters. The lowest BCUT2D eigenvalue weighted by molar-refractivity contribution is 0.650. The second-order valence-electron chi connectivity index (χ2n) is 3.91. The first kappa shape index (κ1) is 9.98. The number of furan rings is 1. The molecule has 3 rings (SSSR count). The lowest BCUT2D eigenvalue weighted by atomic mass is 10.1. The van der Waals surface area contributed by atoms with E-state index in [1.165, 1.54) is 6.33 Å². The molecular weight excluding hydrogens is 218 g/mol. The average molecular weight is 229 g/mol. The average Bonchev–Trinajstić information content (AvgIpc) is 2.66. The minimum Gasteiger partial charge on any atom is -0.432 e. The Bertz CT molecular complexity index is 719. The Morgan fingerprint density at radius 2 is 2.12 bits per heavy atom. The molecule has 6 heteroatoms. The van der Waals surface area contributed by atoms with Gasteiger partial charge in [-0.2, -0.15) is 0 Å². The van der Waals surface area contributed by atoms with Gasteiger partial charge >= 0.3 is 0 Å². The van der Waals surface area contributed by atoms with Gasteiger partial charge in [0.2, 0.25) is 5.71 Å². The van der Waals surface area contributed by atoms with Crippen LogP contribution >= 0.6 is 0 Å². The number of nitrogens with zero attached hydrogens (tertiary/aromatic N) is 3. The fraction of sp³-hybridized carbons (Fsp3) is 0.182.